The van der Waals surface area contributed by atoms with Crippen LogP contribution in [0, 0.1) is 0 Å². The first kappa shape index (κ1) is 12.2. The van der Waals surface area contributed by atoms with E-state index in [1.807, 2.05) is 20.8 Å². The average molecular weight is 278 g/mol. The second kappa shape index (κ2) is 4.75. The van der Waals surface area contributed by atoms with Crippen molar-refractivity contribution < 1.29 is 4.84 Å². The highest BCUT2D eigenvalue weighted by atomic mass is 79.9. The molecule has 1 unspecified atom stereocenters. The third-order valence-corrected chi connectivity index (χ3v) is 3.43. The van der Waals surface area contributed by atoms with E-state index in [4.69, 9.17) is 4.84 Å². The highest BCUT2D eigenvalue weighted by Gasteiger charge is 2.14. The smallest absolute Gasteiger partial charge is 0.0813 e. The lowest BCUT2D eigenvalue weighted by molar-refractivity contribution is -0.0861. The maximum absolute atomic E-state index is 5.50. The first-order valence-electron chi connectivity index (χ1n) is 4.56. The molecule has 80 valence electrons. The summed E-state index contributed by atoms with van der Waals surface area (Å²) >= 11 is 5.15. The van der Waals surface area contributed by atoms with Gasteiger partial charge in [-0.3, -0.25) is 4.84 Å². The fraction of sp³-hybridized carbons (Fsp3) is 0.600. The number of hydroxylamine groups is 1. The molecule has 1 aromatic rings. The average Bonchev–Trinajstić information content (AvgIpc) is 2.46. The number of nitrogens with one attached hydrogen (secondary N) is 1. The molecule has 1 rings (SSSR count). The van der Waals surface area contributed by atoms with Gasteiger partial charge in [-0.15, -0.1) is 11.3 Å². The zero-order valence-corrected chi connectivity index (χ0v) is 11.3. The van der Waals surface area contributed by atoms with Gasteiger partial charge < -0.3 is 0 Å². The van der Waals surface area contributed by atoms with Gasteiger partial charge in [0.25, 0.3) is 0 Å². The largest absolute Gasteiger partial charge is 0.295 e. The minimum Gasteiger partial charge on any atom is -0.295 e. The van der Waals surface area contributed by atoms with Crippen LogP contribution < -0.4 is 5.48 Å². The van der Waals surface area contributed by atoms with Gasteiger partial charge in [-0.25, -0.2) is 0 Å². The standard InChI is InChI=1S/C10H16BrNOS/c1-7(12-13-10(2,3)4)9-5-8(11)6-14-9/h5-7,12H,1-4H3. The molecule has 0 radical (unpaired) electrons. The van der Waals surface area contributed by atoms with Crippen molar-refractivity contribution in [3.05, 3.63) is 20.8 Å². The Morgan fingerprint density at radius 3 is 2.57 bits per heavy atom. The van der Waals surface area contributed by atoms with Crippen molar-refractivity contribution in [3.63, 3.8) is 0 Å². The van der Waals surface area contributed by atoms with E-state index < -0.39 is 0 Å². The molecular formula is C10H16BrNOS. The van der Waals surface area contributed by atoms with Gasteiger partial charge in [-0.05, 0) is 49.7 Å². The van der Waals surface area contributed by atoms with Gasteiger partial charge in [0.05, 0.1) is 11.6 Å². The Morgan fingerprint density at radius 2 is 2.14 bits per heavy atom. The van der Waals surface area contributed by atoms with E-state index in [-0.39, 0.29) is 11.6 Å². The van der Waals surface area contributed by atoms with Crippen LogP contribution in [0.5, 0.6) is 0 Å². The minimum atomic E-state index is -0.150. The number of rotatable bonds is 3. The van der Waals surface area contributed by atoms with E-state index in [1.54, 1.807) is 11.3 Å². The molecule has 14 heavy (non-hydrogen) atoms. The maximum Gasteiger partial charge on any atom is 0.0813 e. The second-order valence-corrected chi connectivity index (χ2v) is 6.08. The lowest BCUT2D eigenvalue weighted by Crippen LogP contribution is -2.30. The highest BCUT2D eigenvalue weighted by Crippen LogP contribution is 2.25. The van der Waals surface area contributed by atoms with Crippen LogP contribution in [0.3, 0.4) is 0 Å². The number of thiophene rings is 1. The summed E-state index contributed by atoms with van der Waals surface area (Å²) in [5.74, 6) is 0. The Balaban J connectivity index is 2.47. The molecule has 0 bridgehead atoms. The summed E-state index contributed by atoms with van der Waals surface area (Å²) in [4.78, 5) is 6.76. The normalized spacial score (nSPS) is 14.4. The SMILES string of the molecule is CC(NOC(C)(C)C)c1cc(Br)cs1. The third kappa shape index (κ3) is 4.09. The molecule has 4 heteroatoms. The molecular weight excluding hydrogens is 262 g/mol. The molecule has 0 saturated heterocycles. The lowest BCUT2D eigenvalue weighted by atomic mass is 10.2. The van der Waals surface area contributed by atoms with Crippen LogP contribution in [-0.2, 0) is 4.84 Å². The molecule has 0 fully saturated rings. The molecule has 1 atom stereocenters. The molecule has 0 aliphatic heterocycles. The Kier molecular flexibility index (Phi) is 4.13. The van der Waals surface area contributed by atoms with Gasteiger partial charge >= 0.3 is 0 Å². The van der Waals surface area contributed by atoms with Crippen molar-refractivity contribution in [2.75, 3.05) is 0 Å². The van der Waals surface area contributed by atoms with Crippen molar-refractivity contribution in [1.29, 1.82) is 0 Å². The van der Waals surface area contributed by atoms with Crippen LogP contribution in [-0.4, -0.2) is 5.60 Å². The van der Waals surface area contributed by atoms with E-state index in [2.05, 4.69) is 39.8 Å². The molecule has 0 spiro atoms. The monoisotopic (exact) mass is 277 g/mol. The predicted octanol–water partition coefficient (Wildman–Crippen LogP) is 3.89. The summed E-state index contributed by atoms with van der Waals surface area (Å²) in [6.45, 7) is 8.16. The van der Waals surface area contributed by atoms with E-state index >= 15 is 0 Å². The maximum atomic E-state index is 5.50. The van der Waals surface area contributed by atoms with Crippen LogP contribution in [0.4, 0.5) is 0 Å². The van der Waals surface area contributed by atoms with Crippen LogP contribution in [0.25, 0.3) is 0 Å². The van der Waals surface area contributed by atoms with E-state index in [9.17, 15) is 0 Å². The predicted molar refractivity (Wildman–Crippen MR) is 64.4 cm³/mol. The molecule has 1 aromatic heterocycles. The number of hydrogen-bond acceptors (Lipinski definition) is 3. The highest BCUT2D eigenvalue weighted by molar-refractivity contribution is 9.10. The van der Waals surface area contributed by atoms with Crippen molar-refractivity contribution in [3.8, 4) is 0 Å². The quantitative estimate of drug-likeness (QED) is 0.847. The van der Waals surface area contributed by atoms with Crippen LogP contribution >= 0.6 is 27.3 Å². The summed E-state index contributed by atoms with van der Waals surface area (Å²) < 4.78 is 1.13. The Bertz CT molecular complexity index is 293. The summed E-state index contributed by atoms with van der Waals surface area (Å²) in [7, 11) is 0. The van der Waals surface area contributed by atoms with Crippen LogP contribution in [0.2, 0.25) is 0 Å². The zero-order chi connectivity index (χ0) is 10.8. The molecule has 1 N–H and O–H groups in total. The van der Waals surface area contributed by atoms with Crippen LogP contribution in [0.15, 0.2) is 15.9 Å². The van der Waals surface area contributed by atoms with E-state index in [0.29, 0.717) is 0 Å². The molecule has 0 saturated carbocycles. The third-order valence-electron chi connectivity index (χ3n) is 1.56. The Morgan fingerprint density at radius 1 is 1.50 bits per heavy atom. The van der Waals surface area contributed by atoms with Gasteiger partial charge in [0.15, 0.2) is 0 Å². The molecule has 2 nitrogen and oxygen atoms in total. The first-order valence-corrected chi connectivity index (χ1v) is 6.23. The van der Waals surface area contributed by atoms with Gasteiger partial charge in [0.1, 0.15) is 0 Å². The van der Waals surface area contributed by atoms with Gasteiger partial charge in [0.2, 0.25) is 0 Å². The summed E-state index contributed by atoms with van der Waals surface area (Å²) in [6, 6.07) is 2.33. The Labute approximate surface area is 97.7 Å². The van der Waals surface area contributed by atoms with E-state index in [0.717, 1.165) is 4.47 Å². The van der Waals surface area contributed by atoms with E-state index in [1.165, 1.54) is 4.88 Å². The number of hydrogen-bond donors (Lipinski definition) is 1. The van der Waals surface area contributed by atoms with Crippen molar-refractivity contribution >= 4 is 27.3 Å². The molecule has 0 amide bonds. The minimum absolute atomic E-state index is 0.150. The van der Waals surface area contributed by atoms with Crippen molar-refractivity contribution in [2.24, 2.45) is 0 Å². The van der Waals surface area contributed by atoms with Crippen molar-refractivity contribution in [2.45, 2.75) is 39.3 Å². The van der Waals surface area contributed by atoms with Gasteiger partial charge in [0, 0.05) is 14.7 Å². The van der Waals surface area contributed by atoms with Gasteiger partial charge in [-0.1, -0.05) is 0 Å². The molecule has 0 aliphatic rings. The first-order chi connectivity index (χ1) is 6.38. The molecule has 1 heterocycles. The summed E-state index contributed by atoms with van der Waals surface area (Å²) in [6.07, 6.45) is 0. The second-order valence-electron chi connectivity index (χ2n) is 4.22. The molecule has 0 aromatic carbocycles. The molecule has 0 aliphatic carbocycles. The topological polar surface area (TPSA) is 21.3 Å². The Hall–Kier alpha value is 0.1000. The van der Waals surface area contributed by atoms with Gasteiger partial charge in [-0.2, -0.15) is 5.48 Å². The number of halogens is 1. The van der Waals surface area contributed by atoms with Crippen molar-refractivity contribution in [1.82, 2.24) is 5.48 Å². The lowest BCUT2D eigenvalue weighted by Gasteiger charge is -2.22. The fourth-order valence-corrected chi connectivity index (χ4v) is 2.32. The summed E-state index contributed by atoms with van der Waals surface area (Å²) in [5.41, 5.74) is 2.89. The van der Waals surface area contributed by atoms with Crippen LogP contribution in [0.1, 0.15) is 38.6 Å². The summed E-state index contributed by atoms with van der Waals surface area (Å²) in [5, 5.41) is 2.07. The fourth-order valence-electron chi connectivity index (χ4n) is 0.879. The zero-order valence-electron chi connectivity index (χ0n) is 8.93.